The number of halogens is 2. The molecule has 0 aromatic heterocycles. The second kappa shape index (κ2) is 9.97. The number of rotatable bonds is 7. The van der Waals surface area contributed by atoms with Crippen molar-refractivity contribution in [2.24, 2.45) is 17.8 Å². The molecule has 0 radical (unpaired) electrons. The molecule has 1 aromatic carbocycles. The van der Waals surface area contributed by atoms with Crippen LogP contribution in [0, 0.1) is 17.8 Å². The molecule has 2 bridgehead atoms. The van der Waals surface area contributed by atoms with Crippen LogP contribution < -0.4 is 20.7 Å². The van der Waals surface area contributed by atoms with E-state index < -0.39 is 0 Å². The first-order valence-electron chi connectivity index (χ1n) is 11.3. The number of hydrogen-bond acceptors (Lipinski definition) is 4. The van der Waals surface area contributed by atoms with E-state index in [1.54, 1.807) is 18.2 Å². The molecule has 1 saturated heterocycles. The van der Waals surface area contributed by atoms with Crippen LogP contribution in [-0.2, 0) is 9.59 Å². The molecule has 5 rings (SSSR count). The van der Waals surface area contributed by atoms with Crippen LogP contribution in [0.3, 0.4) is 0 Å². The van der Waals surface area contributed by atoms with Gasteiger partial charge in [0.05, 0.1) is 16.1 Å². The minimum absolute atomic E-state index is 0.0721. The Kier molecular flexibility index (Phi) is 7.29. The number of ether oxygens (including phenoxy) is 1. The van der Waals surface area contributed by atoms with E-state index in [0.29, 0.717) is 33.5 Å². The maximum atomic E-state index is 12.8. The van der Waals surface area contributed by atoms with Crippen LogP contribution in [-0.4, -0.2) is 43.1 Å². The van der Waals surface area contributed by atoms with Crippen LogP contribution in [0.4, 0.5) is 0 Å². The number of nitrogens with one attached hydrogen (secondary N) is 3. The smallest absolute Gasteiger partial charge is 0.258 e. The highest BCUT2D eigenvalue weighted by Gasteiger charge is 2.47. The van der Waals surface area contributed by atoms with E-state index in [1.165, 1.54) is 0 Å². The summed E-state index contributed by atoms with van der Waals surface area (Å²) in [6.45, 7) is 3.02. The fourth-order valence-electron chi connectivity index (χ4n) is 5.19. The lowest BCUT2D eigenvalue weighted by Gasteiger charge is -2.51. The highest BCUT2D eigenvalue weighted by atomic mass is 35.5. The Labute approximate surface area is 193 Å². The van der Waals surface area contributed by atoms with E-state index in [9.17, 15) is 9.59 Å². The van der Waals surface area contributed by atoms with Crippen LogP contribution in [0.1, 0.15) is 45.4 Å². The van der Waals surface area contributed by atoms with Crippen molar-refractivity contribution in [2.45, 2.75) is 63.6 Å². The van der Waals surface area contributed by atoms with Gasteiger partial charge < -0.3 is 20.7 Å². The van der Waals surface area contributed by atoms with Gasteiger partial charge >= 0.3 is 0 Å². The van der Waals surface area contributed by atoms with Gasteiger partial charge in [-0.2, -0.15) is 0 Å². The molecule has 1 aromatic rings. The second-order valence-electron chi connectivity index (χ2n) is 9.19. The minimum atomic E-state index is -0.161. The summed E-state index contributed by atoms with van der Waals surface area (Å²) in [6, 6.07) is 5.04. The quantitative estimate of drug-likeness (QED) is 0.572. The normalized spacial score (nSPS) is 32.0. The van der Waals surface area contributed by atoms with Crippen LogP contribution in [0.5, 0.6) is 5.75 Å². The summed E-state index contributed by atoms with van der Waals surface area (Å²) < 4.78 is 5.55. The maximum Gasteiger partial charge on any atom is 0.258 e. The largest absolute Gasteiger partial charge is 0.484 e. The molecular weight excluding hydrogens is 437 g/mol. The van der Waals surface area contributed by atoms with Crippen molar-refractivity contribution in [3.8, 4) is 5.75 Å². The molecule has 4 fully saturated rings. The van der Waals surface area contributed by atoms with Crippen molar-refractivity contribution < 1.29 is 14.3 Å². The van der Waals surface area contributed by atoms with Gasteiger partial charge in [0.2, 0.25) is 5.91 Å². The van der Waals surface area contributed by atoms with Gasteiger partial charge in [0.1, 0.15) is 5.75 Å². The Morgan fingerprint density at radius 3 is 2.52 bits per heavy atom. The highest BCUT2D eigenvalue weighted by molar-refractivity contribution is 6.42. The van der Waals surface area contributed by atoms with Crippen LogP contribution in [0.2, 0.25) is 10.0 Å². The first-order valence-corrected chi connectivity index (χ1v) is 12.1. The summed E-state index contributed by atoms with van der Waals surface area (Å²) in [4.78, 5) is 25.3. The number of amides is 2. The molecule has 3 aliphatic carbocycles. The van der Waals surface area contributed by atoms with Crippen molar-refractivity contribution in [1.82, 2.24) is 16.0 Å². The summed E-state index contributed by atoms with van der Waals surface area (Å²) in [7, 11) is 0. The van der Waals surface area contributed by atoms with Gasteiger partial charge in [-0.05, 0) is 68.5 Å². The second-order valence-corrected chi connectivity index (χ2v) is 10.0. The standard InChI is InChI=1S/C23H31Cl2N3O3/c1-2-13-5-6-26-21(7-13)23(30)28-20-11-19(14-8-15(20)9-14)27-22(29)12-31-16-3-4-17(24)18(25)10-16/h3-4,10,13-15,19-21,26H,2,5-9,11-12H2,1H3,(H,27,29)(H,28,30)/t13?,14?,15?,19?,20-,21?/m1/s1. The van der Waals surface area contributed by atoms with Gasteiger partial charge in [0.15, 0.2) is 6.61 Å². The molecule has 8 heteroatoms. The molecule has 1 heterocycles. The zero-order valence-electron chi connectivity index (χ0n) is 17.8. The Morgan fingerprint density at radius 1 is 1.06 bits per heavy atom. The van der Waals surface area contributed by atoms with Gasteiger partial charge in [-0.1, -0.05) is 36.5 Å². The third-order valence-electron chi connectivity index (χ3n) is 7.20. The molecule has 2 amide bonds. The first-order chi connectivity index (χ1) is 14.9. The fraction of sp³-hybridized carbons (Fsp3) is 0.652. The van der Waals surface area contributed by atoms with Crippen molar-refractivity contribution in [1.29, 1.82) is 0 Å². The van der Waals surface area contributed by atoms with Gasteiger partial charge in [-0.3, -0.25) is 9.59 Å². The topological polar surface area (TPSA) is 79.5 Å². The van der Waals surface area contributed by atoms with Crippen molar-refractivity contribution in [2.75, 3.05) is 13.2 Å². The van der Waals surface area contributed by atoms with Crippen LogP contribution in [0.15, 0.2) is 18.2 Å². The molecular formula is C23H31Cl2N3O3. The van der Waals surface area contributed by atoms with E-state index >= 15 is 0 Å². The Balaban J connectivity index is 1.25. The van der Waals surface area contributed by atoms with E-state index in [-0.39, 0.29) is 36.5 Å². The predicted molar refractivity (Wildman–Crippen MR) is 121 cm³/mol. The summed E-state index contributed by atoms with van der Waals surface area (Å²) in [6.07, 6.45) is 6.07. The molecule has 6 nitrogen and oxygen atoms in total. The van der Waals surface area contributed by atoms with Gasteiger partial charge in [0, 0.05) is 18.2 Å². The first kappa shape index (κ1) is 22.7. The lowest BCUT2D eigenvalue weighted by atomic mass is 9.60. The number of carbonyl (C=O) groups is 2. The van der Waals surface area contributed by atoms with E-state index in [2.05, 4.69) is 22.9 Å². The lowest BCUT2D eigenvalue weighted by Crippen LogP contribution is -2.62. The number of fused-ring (bicyclic) bond motifs is 2. The molecule has 31 heavy (non-hydrogen) atoms. The third kappa shape index (κ3) is 5.47. The summed E-state index contributed by atoms with van der Waals surface area (Å²) in [5, 5.41) is 10.6. The minimum Gasteiger partial charge on any atom is -0.484 e. The molecule has 170 valence electrons. The highest BCUT2D eigenvalue weighted by Crippen LogP contribution is 2.45. The van der Waals surface area contributed by atoms with E-state index in [1.807, 2.05) is 0 Å². The summed E-state index contributed by atoms with van der Waals surface area (Å²) in [5.74, 6) is 2.10. The average molecular weight is 468 g/mol. The molecule has 3 unspecified atom stereocenters. The molecule has 4 aliphatic rings. The molecule has 1 aliphatic heterocycles. The Morgan fingerprint density at radius 2 is 1.81 bits per heavy atom. The average Bonchev–Trinajstić information content (AvgIpc) is 2.73. The Hall–Kier alpha value is -1.50. The van der Waals surface area contributed by atoms with E-state index in [0.717, 1.165) is 45.1 Å². The van der Waals surface area contributed by atoms with Crippen molar-refractivity contribution in [3.63, 3.8) is 0 Å². The number of piperidine rings is 1. The van der Waals surface area contributed by atoms with Gasteiger partial charge in [0.25, 0.3) is 5.91 Å². The fourth-order valence-corrected chi connectivity index (χ4v) is 5.48. The monoisotopic (exact) mass is 467 g/mol. The Bertz CT molecular complexity index is 815. The zero-order valence-corrected chi connectivity index (χ0v) is 19.3. The summed E-state index contributed by atoms with van der Waals surface area (Å²) in [5.41, 5.74) is 0. The molecule has 0 spiro atoms. The SMILES string of the molecule is CCC1CCNC(C(=O)N[C@@H]2CC(NC(=O)COc3ccc(Cl)c(Cl)c3)C3CC2C3)C1. The van der Waals surface area contributed by atoms with Crippen molar-refractivity contribution >= 4 is 35.0 Å². The lowest BCUT2D eigenvalue weighted by molar-refractivity contribution is -0.127. The predicted octanol–water partition coefficient (Wildman–Crippen LogP) is 3.55. The van der Waals surface area contributed by atoms with Gasteiger partial charge in [-0.15, -0.1) is 0 Å². The maximum absolute atomic E-state index is 12.8. The van der Waals surface area contributed by atoms with Crippen molar-refractivity contribution in [3.05, 3.63) is 28.2 Å². The number of benzene rings is 1. The number of hydrogen-bond donors (Lipinski definition) is 3. The summed E-state index contributed by atoms with van der Waals surface area (Å²) >= 11 is 11.9. The van der Waals surface area contributed by atoms with Crippen LogP contribution >= 0.6 is 23.2 Å². The molecule has 3 saturated carbocycles. The third-order valence-corrected chi connectivity index (χ3v) is 7.94. The van der Waals surface area contributed by atoms with Gasteiger partial charge in [-0.25, -0.2) is 0 Å². The molecule has 4 atom stereocenters. The molecule has 3 N–H and O–H groups in total. The number of carbonyl (C=O) groups excluding carboxylic acids is 2. The zero-order chi connectivity index (χ0) is 22.0. The van der Waals surface area contributed by atoms with E-state index in [4.69, 9.17) is 27.9 Å². The van der Waals surface area contributed by atoms with Crippen LogP contribution in [0.25, 0.3) is 0 Å².